The van der Waals surface area contributed by atoms with E-state index >= 15 is 0 Å². The van der Waals surface area contributed by atoms with Gasteiger partial charge in [-0.1, -0.05) is 11.6 Å². The largest absolute Gasteiger partial charge is 0.454 e. The number of aryl methyl sites for hydroxylation is 1. The minimum Gasteiger partial charge on any atom is -0.454 e. The first kappa shape index (κ1) is 14.0. The van der Waals surface area contributed by atoms with Gasteiger partial charge in [0.05, 0.1) is 5.56 Å². The topological polar surface area (TPSA) is 83.0 Å². The Morgan fingerprint density at radius 3 is 2.90 bits per heavy atom. The molecule has 0 bridgehead atoms. The van der Waals surface area contributed by atoms with Gasteiger partial charge in [-0.2, -0.15) is 5.10 Å². The molecular weight excluding hydrogens is 256 g/mol. The van der Waals surface area contributed by atoms with E-state index in [9.17, 15) is 4.79 Å². The highest BCUT2D eigenvalue weighted by molar-refractivity contribution is 5.95. The lowest BCUT2D eigenvalue weighted by atomic mass is 10.1. The molecule has 1 heterocycles. The molecule has 0 aliphatic carbocycles. The first-order valence-electron chi connectivity index (χ1n) is 6.40. The number of hydrogen-bond donors (Lipinski definition) is 1. The van der Waals surface area contributed by atoms with E-state index in [1.54, 1.807) is 16.8 Å². The van der Waals surface area contributed by atoms with Gasteiger partial charge >= 0.3 is 5.97 Å². The summed E-state index contributed by atoms with van der Waals surface area (Å²) in [5, 5.41) is 4.09. The zero-order valence-electron chi connectivity index (χ0n) is 11.8. The molecule has 0 atom stereocenters. The van der Waals surface area contributed by atoms with Gasteiger partial charge in [0.25, 0.3) is 0 Å². The van der Waals surface area contributed by atoms with Gasteiger partial charge in [0.1, 0.15) is 6.33 Å². The molecule has 0 saturated carbocycles. The molecule has 106 valence electrons. The molecular formula is C14H18N4O2. The average Bonchev–Trinajstić information content (AvgIpc) is 2.87. The van der Waals surface area contributed by atoms with Crippen LogP contribution in [0.15, 0.2) is 24.5 Å². The maximum atomic E-state index is 12.0. The zero-order valence-corrected chi connectivity index (χ0v) is 11.8. The van der Waals surface area contributed by atoms with E-state index in [0.29, 0.717) is 17.1 Å². The highest BCUT2D eigenvalue weighted by atomic mass is 16.5. The summed E-state index contributed by atoms with van der Waals surface area (Å²) in [5.74, 6) is 0.157. The Morgan fingerprint density at radius 1 is 1.45 bits per heavy atom. The van der Waals surface area contributed by atoms with Crippen molar-refractivity contribution in [2.45, 2.75) is 33.4 Å². The first-order chi connectivity index (χ1) is 9.49. The maximum Gasteiger partial charge on any atom is 0.340 e. The van der Waals surface area contributed by atoms with E-state index in [0.717, 1.165) is 5.56 Å². The van der Waals surface area contributed by atoms with Crippen LogP contribution in [0.5, 0.6) is 0 Å². The quantitative estimate of drug-likeness (QED) is 0.682. The number of ether oxygens (including phenoxy) is 1. The molecule has 0 saturated heterocycles. The summed E-state index contributed by atoms with van der Waals surface area (Å²) in [6.07, 6.45) is 1.45. The Kier molecular flexibility index (Phi) is 4.02. The van der Waals surface area contributed by atoms with Crippen LogP contribution in [0, 0.1) is 6.92 Å². The molecule has 2 aromatic rings. The number of anilines is 1. The second kappa shape index (κ2) is 5.73. The summed E-state index contributed by atoms with van der Waals surface area (Å²) in [6, 6.07) is 5.42. The minimum absolute atomic E-state index is 0.0738. The lowest BCUT2D eigenvalue weighted by Crippen LogP contribution is -2.13. The van der Waals surface area contributed by atoms with Crippen LogP contribution >= 0.6 is 0 Å². The predicted molar refractivity (Wildman–Crippen MR) is 75.1 cm³/mol. The van der Waals surface area contributed by atoms with Gasteiger partial charge < -0.3 is 10.5 Å². The van der Waals surface area contributed by atoms with Crippen molar-refractivity contribution in [3.63, 3.8) is 0 Å². The predicted octanol–water partition coefficient (Wildman–Crippen LogP) is 2.11. The second-order valence-corrected chi connectivity index (χ2v) is 4.88. The number of carbonyl (C=O) groups excluding carboxylic acids is 1. The molecule has 2 N–H and O–H groups in total. The van der Waals surface area contributed by atoms with E-state index < -0.39 is 5.97 Å². The van der Waals surface area contributed by atoms with Crippen molar-refractivity contribution in [3.05, 3.63) is 41.5 Å². The lowest BCUT2D eigenvalue weighted by molar-refractivity contribution is 0.0456. The third-order valence-corrected chi connectivity index (χ3v) is 2.90. The van der Waals surface area contributed by atoms with E-state index in [-0.39, 0.29) is 12.6 Å². The first-order valence-corrected chi connectivity index (χ1v) is 6.40. The maximum absolute atomic E-state index is 12.0. The Hall–Kier alpha value is -2.37. The Balaban J connectivity index is 2.09. The van der Waals surface area contributed by atoms with Gasteiger partial charge in [-0.3, -0.25) is 0 Å². The summed E-state index contributed by atoms with van der Waals surface area (Å²) < 4.78 is 6.97. The number of hydrogen-bond acceptors (Lipinski definition) is 5. The van der Waals surface area contributed by atoms with Crippen molar-refractivity contribution in [2.75, 3.05) is 5.73 Å². The van der Waals surface area contributed by atoms with Crippen LogP contribution in [0.2, 0.25) is 0 Å². The Labute approximate surface area is 117 Å². The van der Waals surface area contributed by atoms with Crippen LogP contribution in [-0.2, 0) is 11.3 Å². The van der Waals surface area contributed by atoms with E-state index in [4.69, 9.17) is 10.5 Å². The number of nitrogen functional groups attached to an aromatic ring is 1. The number of aromatic nitrogens is 3. The van der Waals surface area contributed by atoms with Crippen LogP contribution in [0.25, 0.3) is 0 Å². The van der Waals surface area contributed by atoms with Crippen LogP contribution < -0.4 is 5.73 Å². The number of benzene rings is 1. The van der Waals surface area contributed by atoms with Crippen molar-refractivity contribution in [2.24, 2.45) is 0 Å². The highest BCUT2D eigenvalue weighted by Crippen LogP contribution is 2.16. The molecule has 0 aliphatic heterocycles. The van der Waals surface area contributed by atoms with Gasteiger partial charge in [-0.15, -0.1) is 0 Å². The van der Waals surface area contributed by atoms with Crippen LogP contribution in [0.1, 0.15) is 41.6 Å². The van der Waals surface area contributed by atoms with Crippen molar-refractivity contribution in [1.82, 2.24) is 14.8 Å². The summed E-state index contributed by atoms with van der Waals surface area (Å²) in [5.41, 5.74) is 7.52. The number of nitrogens with zero attached hydrogens (tertiary/aromatic N) is 3. The molecule has 6 heteroatoms. The third kappa shape index (κ3) is 2.96. The summed E-state index contributed by atoms with van der Waals surface area (Å²) in [6.45, 7) is 5.94. The fourth-order valence-corrected chi connectivity index (χ4v) is 1.86. The molecule has 0 unspecified atom stereocenters. The van der Waals surface area contributed by atoms with Gasteiger partial charge in [-0.25, -0.2) is 14.5 Å². The standard InChI is InChI=1S/C14H18N4O2/c1-9(2)18-13(16-8-17-18)7-20-14(19)11-6-10(3)4-5-12(11)15/h4-6,8-9H,7,15H2,1-3H3. The number of esters is 1. The molecule has 0 fully saturated rings. The van der Waals surface area contributed by atoms with Crippen LogP contribution in [0.3, 0.4) is 0 Å². The zero-order chi connectivity index (χ0) is 14.7. The molecule has 1 aromatic heterocycles. The van der Waals surface area contributed by atoms with Crippen LogP contribution in [-0.4, -0.2) is 20.7 Å². The lowest BCUT2D eigenvalue weighted by Gasteiger charge is -2.10. The smallest absolute Gasteiger partial charge is 0.340 e. The summed E-state index contributed by atoms with van der Waals surface area (Å²) in [7, 11) is 0. The van der Waals surface area contributed by atoms with E-state index in [1.165, 1.54) is 6.33 Å². The van der Waals surface area contributed by atoms with Gasteiger partial charge in [-0.05, 0) is 32.9 Å². The number of nitrogens with two attached hydrogens (primary N) is 1. The number of rotatable bonds is 4. The molecule has 20 heavy (non-hydrogen) atoms. The minimum atomic E-state index is -0.454. The molecule has 0 radical (unpaired) electrons. The molecule has 2 rings (SSSR count). The van der Waals surface area contributed by atoms with Crippen molar-refractivity contribution in [1.29, 1.82) is 0 Å². The molecule has 1 aromatic carbocycles. The monoisotopic (exact) mass is 274 g/mol. The Bertz CT molecular complexity index is 619. The van der Waals surface area contributed by atoms with Crippen molar-refractivity contribution < 1.29 is 9.53 Å². The normalized spacial score (nSPS) is 10.8. The second-order valence-electron chi connectivity index (χ2n) is 4.88. The third-order valence-electron chi connectivity index (χ3n) is 2.90. The summed E-state index contributed by atoms with van der Waals surface area (Å²) >= 11 is 0. The highest BCUT2D eigenvalue weighted by Gasteiger charge is 2.14. The van der Waals surface area contributed by atoms with Crippen molar-refractivity contribution >= 4 is 11.7 Å². The molecule has 0 spiro atoms. The van der Waals surface area contributed by atoms with Gasteiger partial charge in [0.2, 0.25) is 0 Å². The van der Waals surface area contributed by atoms with Gasteiger partial charge in [0, 0.05) is 11.7 Å². The molecule has 0 aliphatic rings. The average molecular weight is 274 g/mol. The fraction of sp³-hybridized carbons (Fsp3) is 0.357. The van der Waals surface area contributed by atoms with E-state index in [2.05, 4.69) is 10.1 Å². The fourth-order valence-electron chi connectivity index (χ4n) is 1.86. The summed E-state index contributed by atoms with van der Waals surface area (Å²) in [4.78, 5) is 16.1. The molecule has 0 amide bonds. The molecule has 6 nitrogen and oxygen atoms in total. The van der Waals surface area contributed by atoms with Crippen molar-refractivity contribution in [3.8, 4) is 0 Å². The van der Waals surface area contributed by atoms with Crippen LogP contribution in [0.4, 0.5) is 5.69 Å². The Morgan fingerprint density at radius 2 is 2.20 bits per heavy atom. The van der Waals surface area contributed by atoms with E-state index in [1.807, 2.05) is 26.8 Å². The number of carbonyl (C=O) groups is 1. The SMILES string of the molecule is Cc1ccc(N)c(C(=O)OCc2ncnn2C(C)C)c1. The van der Waals surface area contributed by atoms with Gasteiger partial charge in [0.15, 0.2) is 12.4 Å².